The fourth-order valence-corrected chi connectivity index (χ4v) is 5.48. The molecule has 5 rings (SSSR count). The van der Waals surface area contributed by atoms with E-state index in [1.807, 2.05) is 11.0 Å². The average Bonchev–Trinajstić information content (AvgIpc) is 2.89. The van der Waals surface area contributed by atoms with Crippen molar-refractivity contribution in [1.29, 1.82) is 0 Å². The number of nitrogens with zero attached hydrogens (tertiary/aromatic N) is 5. The average molecular weight is 561 g/mol. The van der Waals surface area contributed by atoms with E-state index < -0.39 is 32.6 Å². The van der Waals surface area contributed by atoms with Gasteiger partial charge in [0.15, 0.2) is 5.15 Å². The summed E-state index contributed by atoms with van der Waals surface area (Å²) in [6, 6.07) is 8.94. The molecule has 1 aliphatic rings. The maximum absolute atomic E-state index is 14.1. The van der Waals surface area contributed by atoms with Gasteiger partial charge in [-0.2, -0.15) is 0 Å². The molecule has 0 saturated carbocycles. The molecule has 0 radical (unpaired) electrons. The van der Waals surface area contributed by atoms with Gasteiger partial charge in [-0.15, -0.1) is 0 Å². The van der Waals surface area contributed by atoms with Gasteiger partial charge in [-0.3, -0.25) is 4.72 Å². The highest BCUT2D eigenvalue weighted by atomic mass is 35.5. The van der Waals surface area contributed by atoms with Gasteiger partial charge in [0.25, 0.3) is 10.0 Å². The molecular weight excluding hydrogens is 542 g/mol. The van der Waals surface area contributed by atoms with E-state index in [0.29, 0.717) is 60.1 Å². The summed E-state index contributed by atoms with van der Waals surface area (Å²) in [5.41, 5.74) is 1.71. The molecule has 0 atom stereocenters. The Morgan fingerprint density at radius 1 is 0.974 bits per heavy atom. The molecule has 10 nitrogen and oxygen atoms in total. The molecule has 1 amide bonds. The molecule has 2 N–H and O–H groups in total. The summed E-state index contributed by atoms with van der Waals surface area (Å²) < 4.78 is 55.1. The van der Waals surface area contributed by atoms with Crippen LogP contribution in [0.4, 0.5) is 25.1 Å². The molecule has 1 aliphatic heterocycles. The molecule has 1 fully saturated rings. The van der Waals surface area contributed by atoms with Crippen molar-refractivity contribution in [3.05, 3.63) is 71.8 Å². The number of halogens is 3. The van der Waals surface area contributed by atoms with Gasteiger partial charge < -0.3 is 14.9 Å². The number of carbonyl (C=O) groups is 1. The number of pyridine rings is 1. The molecule has 4 aromatic rings. The van der Waals surface area contributed by atoms with Crippen molar-refractivity contribution in [1.82, 2.24) is 19.9 Å². The third-order valence-corrected chi connectivity index (χ3v) is 7.76. The number of fused-ring (bicyclic) bond motifs is 1. The standard InChI is InChI=1S/C24H19ClF2N6O4S/c25-22-20(31-38(36,37)21-4-2-16(26)11-18(21)27)10-15(12-28-22)14-1-3-19-17(9-14)23(30-13-29-19)32-5-7-33(8-6-32)24(34)35/h1-4,9-13,31H,5-8H2,(H,34,35). The van der Waals surface area contributed by atoms with E-state index in [1.165, 1.54) is 23.5 Å². The van der Waals surface area contributed by atoms with E-state index in [2.05, 4.69) is 19.7 Å². The van der Waals surface area contributed by atoms with Crippen LogP contribution in [0.2, 0.25) is 5.15 Å². The second kappa shape index (κ2) is 9.99. The molecule has 2 aromatic heterocycles. The number of nitrogens with one attached hydrogen (secondary N) is 1. The number of benzene rings is 2. The molecule has 3 heterocycles. The monoisotopic (exact) mass is 560 g/mol. The molecule has 1 saturated heterocycles. The zero-order valence-electron chi connectivity index (χ0n) is 19.5. The summed E-state index contributed by atoms with van der Waals surface area (Å²) in [7, 11) is -4.44. The van der Waals surface area contributed by atoms with E-state index in [1.54, 1.807) is 12.1 Å². The van der Waals surface area contributed by atoms with Crippen LogP contribution in [-0.2, 0) is 10.0 Å². The van der Waals surface area contributed by atoms with Gasteiger partial charge in [0.2, 0.25) is 0 Å². The van der Waals surface area contributed by atoms with Gasteiger partial charge in [0, 0.05) is 49.4 Å². The number of sulfonamides is 1. The third-order valence-electron chi connectivity index (χ3n) is 6.06. The van der Waals surface area contributed by atoms with Crippen LogP contribution in [0.15, 0.2) is 59.9 Å². The second-order valence-electron chi connectivity index (χ2n) is 8.43. The Bertz CT molecular complexity index is 1670. The molecule has 38 heavy (non-hydrogen) atoms. The Hall–Kier alpha value is -4.10. The number of hydrogen-bond donors (Lipinski definition) is 2. The second-order valence-corrected chi connectivity index (χ2v) is 10.4. The molecular formula is C24H19ClF2N6O4S. The first-order chi connectivity index (χ1) is 18.1. The number of piperazine rings is 1. The summed E-state index contributed by atoms with van der Waals surface area (Å²) in [5.74, 6) is -1.52. The molecule has 0 bridgehead atoms. The number of amides is 1. The van der Waals surface area contributed by atoms with Crippen LogP contribution in [0.3, 0.4) is 0 Å². The van der Waals surface area contributed by atoms with Crippen molar-refractivity contribution in [3.8, 4) is 11.1 Å². The Morgan fingerprint density at radius 2 is 1.74 bits per heavy atom. The van der Waals surface area contributed by atoms with E-state index in [4.69, 9.17) is 11.6 Å². The van der Waals surface area contributed by atoms with Crippen LogP contribution in [0.5, 0.6) is 0 Å². The summed E-state index contributed by atoms with van der Waals surface area (Å²) in [4.78, 5) is 26.6. The highest BCUT2D eigenvalue weighted by molar-refractivity contribution is 7.92. The predicted molar refractivity (Wildman–Crippen MR) is 137 cm³/mol. The summed E-state index contributed by atoms with van der Waals surface area (Å²) >= 11 is 6.13. The summed E-state index contributed by atoms with van der Waals surface area (Å²) in [5, 5.41) is 9.76. The third kappa shape index (κ3) is 5.02. The van der Waals surface area contributed by atoms with Crippen LogP contribution in [-0.4, -0.2) is 65.6 Å². The normalized spacial score (nSPS) is 14.1. The molecule has 14 heteroatoms. The minimum absolute atomic E-state index is 0.0951. The first kappa shape index (κ1) is 25.5. The van der Waals surface area contributed by atoms with Gasteiger partial charge in [-0.1, -0.05) is 17.7 Å². The van der Waals surface area contributed by atoms with E-state index in [9.17, 15) is 27.1 Å². The zero-order chi connectivity index (χ0) is 27.0. The fourth-order valence-electron chi connectivity index (χ4n) is 4.15. The molecule has 0 spiro atoms. The van der Waals surface area contributed by atoms with Crippen molar-refractivity contribution in [2.24, 2.45) is 0 Å². The van der Waals surface area contributed by atoms with Gasteiger partial charge in [-0.05, 0) is 35.9 Å². The minimum Gasteiger partial charge on any atom is -0.465 e. The SMILES string of the molecule is O=C(O)N1CCN(c2ncnc3ccc(-c4cnc(Cl)c(NS(=O)(=O)c5ccc(F)cc5F)c4)cc23)CC1. The maximum Gasteiger partial charge on any atom is 0.407 e. The minimum atomic E-state index is -4.44. The highest BCUT2D eigenvalue weighted by Gasteiger charge is 2.24. The van der Waals surface area contributed by atoms with Gasteiger partial charge in [0.1, 0.15) is 28.7 Å². The Morgan fingerprint density at radius 3 is 2.45 bits per heavy atom. The first-order valence-corrected chi connectivity index (χ1v) is 13.1. The van der Waals surface area contributed by atoms with Crippen LogP contribution < -0.4 is 9.62 Å². The Labute approximate surface area is 220 Å². The van der Waals surface area contributed by atoms with Crippen molar-refractivity contribution in [3.63, 3.8) is 0 Å². The van der Waals surface area contributed by atoms with E-state index >= 15 is 0 Å². The smallest absolute Gasteiger partial charge is 0.407 e. The predicted octanol–water partition coefficient (Wildman–Crippen LogP) is 4.22. The lowest BCUT2D eigenvalue weighted by Gasteiger charge is -2.34. The summed E-state index contributed by atoms with van der Waals surface area (Å²) in [6.07, 6.45) is 1.92. The van der Waals surface area contributed by atoms with E-state index in [-0.39, 0.29) is 10.8 Å². The van der Waals surface area contributed by atoms with Crippen LogP contribution in [0.25, 0.3) is 22.0 Å². The number of aromatic nitrogens is 3. The van der Waals surface area contributed by atoms with Gasteiger partial charge in [0.05, 0.1) is 11.2 Å². The van der Waals surface area contributed by atoms with Crippen molar-refractivity contribution in [2.45, 2.75) is 4.90 Å². The van der Waals surface area contributed by atoms with E-state index in [0.717, 1.165) is 12.1 Å². The molecule has 0 unspecified atom stereocenters. The Kier molecular flexibility index (Phi) is 6.71. The molecule has 2 aromatic carbocycles. The highest BCUT2D eigenvalue weighted by Crippen LogP contribution is 2.32. The molecule has 0 aliphatic carbocycles. The van der Waals surface area contributed by atoms with Crippen LogP contribution in [0.1, 0.15) is 0 Å². The lowest BCUT2D eigenvalue weighted by atomic mass is 10.0. The lowest BCUT2D eigenvalue weighted by Crippen LogP contribution is -2.48. The molecule has 196 valence electrons. The Balaban J connectivity index is 1.48. The van der Waals surface area contributed by atoms with Crippen LogP contribution in [0, 0.1) is 11.6 Å². The quantitative estimate of drug-likeness (QED) is 0.347. The largest absolute Gasteiger partial charge is 0.465 e. The number of carboxylic acid groups (broad SMARTS) is 1. The first-order valence-electron chi connectivity index (χ1n) is 11.2. The van der Waals surface area contributed by atoms with Gasteiger partial charge in [-0.25, -0.2) is 36.9 Å². The maximum atomic E-state index is 14.1. The van der Waals surface area contributed by atoms with Crippen molar-refractivity contribution in [2.75, 3.05) is 35.8 Å². The van der Waals surface area contributed by atoms with Crippen LogP contribution >= 0.6 is 11.6 Å². The topological polar surface area (TPSA) is 129 Å². The number of anilines is 2. The fraction of sp³-hybridized carbons (Fsp3) is 0.167. The lowest BCUT2D eigenvalue weighted by molar-refractivity contribution is 0.142. The van der Waals surface area contributed by atoms with Crippen molar-refractivity contribution < 1.29 is 27.1 Å². The summed E-state index contributed by atoms with van der Waals surface area (Å²) in [6.45, 7) is 1.58. The van der Waals surface area contributed by atoms with Crippen molar-refractivity contribution >= 4 is 50.1 Å². The zero-order valence-corrected chi connectivity index (χ0v) is 21.0. The number of hydrogen-bond acceptors (Lipinski definition) is 7. The van der Waals surface area contributed by atoms with Gasteiger partial charge >= 0.3 is 6.09 Å². The number of rotatable bonds is 5.